The predicted octanol–water partition coefficient (Wildman–Crippen LogP) is 1.09. The van der Waals surface area contributed by atoms with Gasteiger partial charge in [-0.05, 0) is 25.7 Å². The van der Waals surface area contributed by atoms with Crippen LogP contribution in [0.1, 0.15) is 37.4 Å². The van der Waals surface area contributed by atoms with Crippen LogP contribution in [-0.2, 0) is 19.6 Å². The third kappa shape index (κ3) is 2.57. The Labute approximate surface area is 123 Å². The monoisotopic (exact) mass is 314 g/mol. The maximum absolute atomic E-state index is 12.7. The molecule has 1 atom stereocenters. The summed E-state index contributed by atoms with van der Waals surface area (Å²) in [7, 11) is -2.24. The molecule has 0 spiro atoms. The van der Waals surface area contributed by atoms with Crippen LogP contribution in [-0.4, -0.2) is 43.3 Å². The Kier molecular flexibility index (Phi) is 3.53. The number of aromatic nitrogens is 1. The van der Waals surface area contributed by atoms with Gasteiger partial charge in [0.05, 0.1) is 24.3 Å². The molecule has 2 heterocycles. The number of carbonyl (C=O) groups is 1. The van der Waals surface area contributed by atoms with Crippen molar-refractivity contribution in [3.05, 3.63) is 18.0 Å². The van der Waals surface area contributed by atoms with Gasteiger partial charge in [-0.3, -0.25) is 4.79 Å². The van der Waals surface area contributed by atoms with Gasteiger partial charge in [0.2, 0.25) is 10.0 Å². The number of ether oxygens (including phenoxy) is 1. The van der Waals surface area contributed by atoms with Crippen molar-refractivity contribution in [2.75, 3.05) is 19.4 Å². The molecule has 116 valence electrons. The summed E-state index contributed by atoms with van der Waals surface area (Å²) in [5.74, 6) is -0.607. The standard InChI is InChI=1S/C13H18N2O5S/c1-19-12(16)13(5-6-13)9-21(17,18)15-7-2-3-11(15)10-4-8-20-14-10/h4,8,11H,2-3,5-7,9H2,1H3/t11-/m0/s1. The van der Waals surface area contributed by atoms with E-state index >= 15 is 0 Å². The van der Waals surface area contributed by atoms with E-state index < -0.39 is 21.4 Å². The van der Waals surface area contributed by atoms with Crippen LogP contribution in [0.2, 0.25) is 0 Å². The molecule has 1 aliphatic heterocycles. The maximum atomic E-state index is 12.7. The first-order chi connectivity index (χ1) is 9.98. The van der Waals surface area contributed by atoms with Gasteiger partial charge in [0.1, 0.15) is 12.0 Å². The molecule has 0 unspecified atom stereocenters. The summed E-state index contributed by atoms with van der Waals surface area (Å²) in [6.07, 6.45) is 4.08. The molecule has 1 saturated heterocycles. The molecule has 7 nitrogen and oxygen atoms in total. The minimum Gasteiger partial charge on any atom is -0.469 e. The number of hydrogen-bond donors (Lipinski definition) is 0. The predicted molar refractivity (Wildman–Crippen MR) is 72.7 cm³/mol. The molecule has 0 N–H and O–H groups in total. The van der Waals surface area contributed by atoms with E-state index in [9.17, 15) is 13.2 Å². The summed E-state index contributed by atoms with van der Waals surface area (Å²) in [6.45, 7) is 0.455. The van der Waals surface area contributed by atoms with Gasteiger partial charge in [0.15, 0.2) is 0 Å². The van der Waals surface area contributed by atoms with Crippen molar-refractivity contribution in [1.29, 1.82) is 0 Å². The van der Waals surface area contributed by atoms with Crippen molar-refractivity contribution in [3.8, 4) is 0 Å². The molecular formula is C13H18N2O5S. The Morgan fingerprint density at radius 3 is 2.90 bits per heavy atom. The Morgan fingerprint density at radius 2 is 2.33 bits per heavy atom. The molecule has 0 amide bonds. The van der Waals surface area contributed by atoms with Gasteiger partial charge in [-0.15, -0.1) is 0 Å². The number of esters is 1. The molecule has 1 aliphatic carbocycles. The lowest BCUT2D eigenvalue weighted by Crippen LogP contribution is -2.38. The first kappa shape index (κ1) is 14.5. The highest BCUT2D eigenvalue weighted by molar-refractivity contribution is 7.89. The van der Waals surface area contributed by atoms with Crippen LogP contribution in [0.4, 0.5) is 0 Å². The second-order valence-electron chi connectivity index (χ2n) is 5.72. The largest absolute Gasteiger partial charge is 0.469 e. The Balaban J connectivity index is 1.80. The summed E-state index contributed by atoms with van der Waals surface area (Å²) >= 11 is 0. The van der Waals surface area contributed by atoms with Crippen LogP contribution in [0.25, 0.3) is 0 Å². The van der Waals surface area contributed by atoms with Crippen LogP contribution in [0.15, 0.2) is 16.9 Å². The van der Waals surface area contributed by atoms with E-state index in [-0.39, 0.29) is 11.8 Å². The topological polar surface area (TPSA) is 89.7 Å². The minimum atomic E-state index is -3.53. The second kappa shape index (κ2) is 5.10. The molecular weight excluding hydrogens is 296 g/mol. The molecule has 1 saturated carbocycles. The number of carbonyl (C=O) groups excluding carboxylic acids is 1. The minimum absolute atomic E-state index is 0.180. The maximum Gasteiger partial charge on any atom is 0.312 e. The summed E-state index contributed by atoms with van der Waals surface area (Å²) in [6, 6.07) is 1.40. The van der Waals surface area contributed by atoms with E-state index in [0.29, 0.717) is 25.1 Å². The van der Waals surface area contributed by atoms with E-state index in [2.05, 4.69) is 5.16 Å². The fourth-order valence-electron chi connectivity index (χ4n) is 2.97. The quantitative estimate of drug-likeness (QED) is 0.756. The second-order valence-corrected chi connectivity index (χ2v) is 7.64. The summed E-state index contributed by atoms with van der Waals surface area (Å²) in [5.41, 5.74) is -0.219. The molecule has 21 heavy (non-hydrogen) atoms. The summed E-state index contributed by atoms with van der Waals surface area (Å²) in [4.78, 5) is 11.8. The van der Waals surface area contributed by atoms with E-state index in [1.54, 1.807) is 6.07 Å². The molecule has 0 aromatic carbocycles. The molecule has 2 fully saturated rings. The lowest BCUT2D eigenvalue weighted by Gasteiger charge is -2.24. The fourth-order valence-corrected chi connectivity index (χ4v) is 5.25. The number of sulfonamides is 1. The van der Waals surface area contributed by atoms with Crippen molar-refractivity contribution in [2.24, 2.45) is 5.41 Å². The normalized spacial score (nSPS) is 24.9. The van der Waals surface area contributed by atoms with E-state index in [1.165, 1.54) is 17.7 Å². The zero-order chi connectivity index (χ0) is 15.1. The molecule has 0 bridgehead atoms. The molecule has 1 aromatic rings. The average Bonchev–Trinajstić information content (AvgIpc) is 2.90. The zero-order valence-electron chi connectivity index (χ0n) is 11.8. The van der Waals surface area contributed by atoms with Crippen LogP contribution < -0.4 is 0 Å². The van der Waals surface area contributed by atoms with Gasteiger partial charge in [-0.1, -0.05) is 5.16 Å². The lowest BCUT2D eigenvalue weighted by molar-refractivity contribution is -0.146. The van der Waals surface area contributed by atoms with Crippen LogP contribution in [0, 0.1) is 5.41 Å². The fraction of sp³-hybridized carbons (Fsp3) is 0.692. The molecule has 3 rings (SSSR count). The highest BCUT2D eigenvalue weighted by atomic mass is 32.2. The van der Waals surface area contributed by atoms with Gasteiger partial charge in [0.25, 0.3) is 0 Å². The van der Waals surface area contributed by atoms with Crippen LogP contribution in [0.3, 0.4) is 0 Å². The SMILES string of the molecule is COC(=O)C1(CS(=O)(=O)N2CCC[C@H]2c2ccon2)CC1. The van der Waals surface area contributed by atoms with E-state index in [0.717, 1.165) is 12.8 Å². The molecule has 0 radical (unpaired) electrons. The Bertz CT molecular complexity index is 621. The van der Waals surface area contributed by atoms with Crippen molar-refractivity contribution >= 4 is 16.0 Å². The summed E-state index contributed by atoms with van der Waals surface area (Å²) < 4.78 is 36.3. The van der Waals surface area contributed by atoms with Crippen molar-refractivity contribution in [3.63, 3.8) is 0 Å². The van der Waals surface area contributed by atoms with Gasteiger partial charge >= 0.3 is 5.97 Å². The van der Waals surface area contributed by atoms with Crippen LogP contribution in [0.5, 0.6) is 0 Å². The number of hydrogen-bond acceptors (Lipinski definition) is 6. The third-order valence-corrected chi connectivity index (χ3v) is 6.36. The highest BCUT2D eigenvalue weighted by Crippen LogP contribution is 2.49. The smallest absolute Gasteiger partial charge is 0.312 e. The Hall–Kier alpha value is -1.41. The van der Waals surface area contributed by atoms with Gasteiger partial charge in [-0.25, -0.2) is 8.42 Å². The number of nitrogens with zero attached hydrogens (tertiary/aromatic N) is 2. The highest BCUT2D eigenvalue weighted by Gasteiger charge is 2.55. The zero-order valence-corrected chi connectivity index (χ0v) is 12.6. The average molecular weight is 314 g/mol. The third-order valence-electron chi connectivity index (χ3n) is 4.29. The first-order valence-electron chi connectivity index (χ1n) is 6.97. The molecule has 1 aromatic heterocycles. The van der Waals surface area contributed by atoms with Crippen LogP contribution >= 0.6 is 0 Å². The number of methoxy groups -OCH3 is 1. The van der Waals surface area contributed by atoms with Crippen molar-refractivity contribution in [1.82, 2.24) is 9.46 Å². The molecule has 2 aliphatic rings. The van der Waals surface area contributed by atoms with Crippen molar-refractivity contribution < 1.29 is 22.5 Å². The first-order valence-corrected chi connectivity index (χ1v) is 8.58. The Morgan fingerprint density at radius 1 is 1.57 bits per heavy atom. The lowest BCUT2D eigenvalue weighted by atomic mass is 10.1. The van der Waals surface area contributed by atoms with Crippen molar-refractivity contribution in [2.45, 2.75) is 31.7 Å². The number of rotatable bonds is 5. The molecule has 8 heteroatoms. The van der Waals surface area contributed by atoms with Gasteiger partial charge in [-0.2, -0.15) is 4.31 Å². The van der Waals surface area contributed by atoms with E-state index in [4.69, 9.17) is 9.26 Å². The van der Waals surface area contributed by atoms with Gasteiger partial charge in [0, 0.05) is 12.6 Å². The summed E-state index contributed by atoms with van der Waals surface area (Å²) in [5, 5.41) is 3.85. The van der Waals surface area contributed by atoms with Gasteiger partial charge < -0.3 is 9.26 Å². The van der Waals surface area contributed by atoms with E-state index in [1.807, 2.05) is 0 Å².